The minimum atomic E-state index is -0.468. The van der Waals surface area contributed by atoms with Gasteiger partial charge in [-0.1, -0.05) is 15.9 Å². The number of esters is 1. The van der Waals surface area contributed by atoms with Crippen LogP contribution in [0.2, 0.25) is 0 Å². The Bertz CT molecular complexity index is 443. The maximum Gasteiger partial charge on any atom is 0.337 e. The molecule has 1 N–H and O–H groups in total. The van der Waals surface area contributed by atoms with Crippen LogP contribution in [0.15, 0.2) is 22.7 Å². The monoisotopic (exact) mass is 299 g/mol. The average molecular weight is 300 g/mol. The first-order valence-electron chi connectivity index (χ1n) is 5.14. The van der Waals surface area contributed by atoms with Gasteiger partial charge in [0.1, 0.15) is 0 Å². The van der Waals surface area contributed by atoms with Crippen molar-refractivity contribution < 1.29 is 14.3 Å². The topological polar surface area (TPSA) is 55.4 Å². The first-order chi connectivity index (χ1) is 7.93. The molecule has 0 aromatic heterocycles. The Morgan fingerprint density at radius 3 is 2.35 bits per heavy atom. The molecule has 0 radical (unpaired) electrons. The number of halogens is 1. The Labute approximate surface area is 108 Å². The predicted octanol–water partition coefficient (Wildman–Crippen LogP) is 2.37. The van der Waals surface area contributed by atoms with E-state index in [0.717, 1.165) is 0 Å². The van der Waals surface area contributed by atoms with Crippen molar-refractivity contribution in [2.45, 2.75) is 19.9 Å². The highest BCUT2D eigenvalue weighted by Crippen LogP contribution is 2.16. The third kappa shape index (κ3) is 3.85. The highest BCUT2D eigenvalue weighted by atomic mass is 79.9. The average Bonchev–Trinajstić information content (AvgIpc) is 2.26. The van der Waals surface area contributed by atoms with Crippen LogP contribution in [0.4, 0.5) is 0 Å². The summed E-state index contributed by atoms with van der Waals surface area (Å²) < 4.78 is 5.28. The summed E-state index contributed by atoms with van der Waals surface area (Å²) in [6.07, 6.45) is 0. The molecule has 1 amide bonds. The summed E-state index contributed by atoms with van der Waals surface area (Å²) in [5, 5.41) is 2.76. The van der Waals surface area contributed by atoms with Crippen molar-refractivity contribution in [2.75, 3.05) is 7.11 Å². The lowest BCUT2D eigenvalue weighted by molar-refractivity contribution is 0.0600. The lowest BCUT2D eigenvalue weighted by Crippen LogP contribution is -2.30. The molecular weight excluding hydrogens is 286 g/mol. The number of carbonyl (C=O) groups is 2. The van der Waals surface area contributed by atoms with E-state index in [1.54, 1.807) is 12.1 Å². The molecule has 4 nitrogen and oxygen atoms in total. The van der Waals surface area contributed by atoms with Gasteiger partial charge in [0.25, 0.3) is 5.91 Å². The van der Waals surface area contributed by atoms with Crippen LogP contribution in [0.25, 0.3) is 0 Å². The Balaban J connectivity index is 3.05. The molecule has 0 unspecified atom stereocenters. The molecule has 0 spiro atoms. The minimum absolute atomic E-state index is 0.0445. The van der Waals surface area contributed by atoms with Gasteiger partial charge in [0.05, 0.1) is 12.7 Å². The number of hydrogen-bond acceptors (Lipinski definition) is 3. The maximum atomic E-state index is 11.8. The molecule has 1 rings (SSSR count). The smallest absolute Gasteiger partial charge is 0.337 e. The fraction of sp³-hybridized carbons (Fsp3) is 0.333. The summed E-state index contributed by atoms with van der Waals surface area (Å²) in [5.41, 5.74) is 0.768. The fourth-order valence-electron chi connectivity index (χ4n) is 1.30. The predicted molar refractivity (Wildman–Crippen MR) is 68.1 cm³/mol. The van der Waals surface area contributed by atoms with Crippen LogP contribution in [0.5, 0.6) is 0 Å². The van der Waals surface area contributed by atoms with Crippen LogP contribution in [-0.2, 0) is 4.74 Å². The molecule has 1 aromatic carbocycles. The first kappa shape index (κ1) is 13.7. The number of amides is 1. The number of ether oxygens (including phenoxy) is 1. The van der Waals surface area contributed by atoms with Crippen LogP contribution in [0.1, 0.15) is 34.6 Å². The zero-order chi connectivity index (χ0) is 13.0. The Morgan fingerprint density at radius 1 is 1.24 bits per heavy atom. The van der Waals surface area contributed by atoms with Gasteiger partial charge < -0.3 is 10.1 Å². The highest BCUT2D eigenvalue weighted by Gasteiger charge is 2.13. The molecule has 0 atom stereocenters. The number of carbonyl (C=O) groups excluding carboxylic acids is 2. The van der Waals surface area contributed by atoms with Gasteiger partial charge in [-0.05, 0) is 32.0 Å². The molecule has 0 heterocycles. The van der Waals surface area contributed by atoms with Crippen molar-refractivity contribution in [3.8, 4) is 0 Å². The SMILES string of the molecule is COC(=O)c1cc(Br)cc(C(=O)NC(C)C)c1. The maximum absolute atomic E-state index is 11.8. The second-order valence-electron chi connectivity index (χ2n) is 3.85. The van der Waals surface area contributed by atoms with Crippen LogP contribution in [-0.4, -0.2) is 25.0 Å². The van der Waals surface area contributed by atoms with E-state index in [0.29, 0.717) is 15.6 Å². The van der Waals surface area contributed by atoms with Gasteiger partial charge in [0, 0.05) is 16.1 Å². The molecule has 92 valence electrons. The molecule has 0 aliphatic rings. The van der Waals surface area contributed by atoms with Gasteiger partial charge in [-0.2, -0.15) is 0 Å². The van der Waals surface area contributed by atoms with Gasteiger partial charge in [0.15, 0.2) is 0 Å². The molecule has 1 aromatic rings. The molecule has 0 saturated heterocycles. The summed E-state index contributed by atoms with van der Waals surface area (Å²) in [5.74, 6) is -0.684. The van der Waals surface area contributed by atoms with Crippen molar-refractivity contribution in [1.82, 2.24) is 5.32 Å². The number of rotatable bonds is 3. The Morgan fingerprint density at radius 2 is 1.82 bits per heavy atom. The first-order valence-corrected chi connectivity index (χ1v) is 5.93. The van der Waals surface area contributed by atoms with E-state index in [1.807, 2.05) is 13.8 Å². The van der Waals surface area contributed by atoms with Gasteiger partial charge in [-0.25, -0.2) is 4.79 Å². The highest BCUT2D eigenvalue weighted by molar-refractivity contribution is 9.10. The van der Waals surface area contributed by atoms with Crippen LogP contribution >= 0.6 is 15.9 Å². The zero-order valence-corrected chi connectivity index (χ0v) is 11.5. The molecule has 0 bridgehead atoms. The number of nitrogens with one attached hydrogen (secondary N) is 1. The minimum Gasteiger partial charge on any atom is -0.465 e. The molecule has 0 aliphatic carbocycles. The van der Waals surface area contributed by atoms with Crippen molar-refractivity contribution >= 4 is 27.8 Å². The molecule has 0 saturated carbocycles. The zero-order valence-electron chi connectivity index (χ0n) is 9.91. The Hall–Kier alpha value is -1.36. The molecule has 17 heavy (non-hydrogen) atoms. The van der Waals surface area contributed by atoms with Gasteiger partial charge >= 0.3 is 5.97 Å². The van der Waals surface area contributed by atoms with E-state index >= 15 is 0 Å². The largest absolute Gasteiger partial charge is 0.465 e. The van der Waals surface area contributed by atoms with E-state index in [-0.39, 0.29) is 11.9 Å². The summed E-state index contributed by atoms with van der Waals surface area (Å²) in [6.45, 7) is 3.74. The molecule has 0 aliphatic heterocycles. The standard InChI is InChI=1S/C12H14BrNO3/c1-7(2)14-11(15)8-4-9(12(16)17-3)6-10(13)5-8/h4-7H,1-3H3,(H,14,15). The third-order valence-corrected chi connectivity index (χ3v) is 2.46. The van der Waals surface area contributed by atoms with E-state index in [1.165, 1.54) is 13.2 Å². The van der Waals surface area contributed by atoms with E-state index in [9.17, 15) is 9.59 Å². The van der Waals surface area contributed by atoms with Crippen molar-refractivity contribution in [1.29, 1.82) is 0 Å². The number of hydrogen-bond donors (Lipinski definition) is 1. The van der Waals surface area contributed by atoms with Crippen molar-refractivity contribution in [3.05, 3.63) is 33.8 Å². The van der Waals surface area contributed by atoms with Gasteiger partial charge in [-0.3, -0.25) is 4.79 Å². The quantitative estimate of drug-likeness (QED) is 0.872. The third-order valence-electron chi connectivity index (χ3n) is 2.00. The summed E-state index contributed by atoms with van der Waals surface area (Å²) in [4.78, 5) is 23.2. The van der Waals surface area contributed by atoms with Gasteiger partial charge in [-0.15, -0.1) is 0 Å². The fourth-order valence-corrected chi connectivity index (χ4v) is 1.80. The van der Waals surface area contributed by atoms with E-state index in [2.05, 4.69) is 26.0 Å². The van der Waals surface area contributed by atoms with Crippen LogP contribution in [0.3, 0.4) is 0 Å². The Kier molecular flexibility index (Phi) is 4.69. The van der Waals surface area contributed by atoms with Crippen LogP contribution in [0, 0.1) is 0 Å². The second kappa shape index (κ2) is 5.82. The molecular formula is C12H14BrNO3. The van der Waals surface area contributed by atoms with E-state index < -0.39 is 5.97 Å². The van der Waals surface area contributed by atoms with E-state index in [4.69, 9.17) is 0 Å². The molecule has 5 heteroatoms. The van der Waals surface area contributed by atoms with Gasteiger partial charge in [0.2, 0.25) is 0 Å². The van der Waals surface area contributed by atoms with Crippen LogP contribution < -0.4 is 5.32 Å². The number of methoxy groups -OCH3 is 1. The summed E-state index contributed by atoms with van der Waals surface area (Å²) in [7, 11) is 1.30. The molecule has 0 fully saturated rings. The summed E-state index contributed by atoms with van der Waals surface area (Å²) >= 11 is 3.26. The van der Waals surface area contributed by atoms with Crippen molar-refractivity contribution in [3.63, 3.8) is 0 Å². The lowest BCUT2D eigenvalue weighted by Gasteiger charge is -2.09. The normalized spacial score (nSPS) is 10.2. The van der Waals surface area contributed by atoms with Crippen molar-refractivity contribution in [2.24, 2.45) is 0 Å². The number of benzene rings is 1. The second-order valence-corrected chi connectivity index (χ2v) is 4.76. The summed E-state index contributed by atoms with van der Waals surface area (Å²) in [6, 6.07) is 4.82. The lowest BCUT2D eigenvalue weighted by atomic mass is 10.1.